The van der Waals surface area contributed by atoms with Crippen LogP contribution in [-0.4, -0.2) is 23.0 Å². The van der Waals surface area contributed by atoms with Crippen molar-refractivity contribution in [3.63, 3.8) is 0 Å². The number of hydrogen-bond acceptors (Lipinski definition) is 2. The van der Waals surface area contributed by atoms with Gasteiger partial charge >= 0.3 is 0 Å². The van der Waals surface area contributed by atoms with Gasteiger partial charge in [-0.1, -0.05) is 49.8 Å². The van der Waals surface area contributed by atoms with E-state index in [0.29, 0.717) is 4.99 Å². The van der Waals surface area contributed by atoms with Gasteiger partial charge in [-0.15, -0.1) is 0 Å². The van der Waals surface area contributed by atoms with Crippen molar-refractivity contribution in [2.24, 2.45) is 17.6 Å². The molecular formula is C15H21ClN2S. The molecule has 0 aromatic heterocycles. The van der Waals surface area contributed by atoms with Crippen LogP contribution in [0.3, 0.4) is 0 Å². The van der Waals surface area contributed by atoms with E-state index in [2.05, 4.69) is 18.7 Å². The normalized spacial score (nSPS) is 24.4. The zero-order valence-electron chi connectivity index (χ0n) is 11.5. The van der Waals surface area contributed by atoms with Crippen molar-refractivity contribution in [1.82, 2.24) is 4.90 Å². The summed E-state index contributed by atoms with van der Waals surface area (Å²) in [6, 6.07) is 5.87. The Morgan fingerprint density at radius 2 is 2.16 bits per heavy atom. The average Bonchev–Trinajstić information content (AvgIpc) is 2.36. The zero-order valence-corrected chi connectivity index (χ0v) is 13.1. The van der Waals surface area contributed by atoms with E-state index >= 15 is 0 Å². The third kappa shape index (κ3) is 3.68. The first kappa shape index (κ1) is 14.8. The van der Waals surface area contributed by atoms with Crippen LogP contribution in [0, 0.1) is 11.8 Å². The maximum Gasteiger partial charge on any atom is 0.104 e. The smallest absolute Gasteiger partial charge is 0.104 e. The lowest BCUT2D eigenvalue weighted by Gasteiger charge is -2.35. The summed E-state index contributed by atoms with van der Waals surface area (Å²) in [5, 5.41) is 0.761. The summed E-state index contributed by atoms with van der Waals surface area (Å²) in [7, 11) is 0. The first-order valence-electron chi connectivity index (χ1n) is 6.78. The Hall–Kier alpha value is -0.640. The molecule has 1 saturated heterocycles. The van der Waals surface area contributed by atoms with Crippen molar-refractivity contribution in [1.29, 1.82) is 0 Å². The topological polar surface area (TPSA) is 29.3 Å². The Balaban J connectivity index is 2.05. The van der Waals surface area contributed by atoms with E-state index in [4.69, 9.17) is 29.6 Å². The van der Waals surface area contributed by atoms with Crippen molar-refractivity contribution in [3.8, 4) is 0 Å². The van der Waals surface area contributed by atoms with Crippen molar-refractivity contribution in [2.75, 3.05) is 13.1 Å². The molecule has 0 aliphatic carbocycles. The van der Waals surface area contributed by atoms with Gasteiger partial charge in [0.2, 0.25) is 0 Å². The molecule has 0 amide bonds. The largest absolute Gasteiger partial charge is 0.389 e. The van der Waals surface area contributed by atoms with Crippen LogP contribution in [0.2, 0.25) is 5.02 Å². The van der Waals surface area contributed by atoms with Gasteiger partial charge in [-0.05, 0) is 36.4 Å². The molecule has 19 heavy (non-hydrogen) atoms. The molecule has 0 radical (unpaired) electrons. The molecule has 1 aromatic rings. The molecule has 0 spiro atoms. The number of piperidine rings is 1. The van der Waals surface area contributed by atoms with Gasteiger partial charge in [0.15, 0.2) is 0 Å². The summed E-state index contributed by atoms with van der Waals surface area (Å²) in [5.74, 6) is 1.58. The number of nitrogens with zero attached hydrogens (tertiary/aromatic N) is 1. The third-order valence-electron chi connectivity index (χ3n) is 4.15. The van der Waals surface area contributed by atoms with Crippen molar-refractivity contribution < 1.29 is 0 Å². The van der Waals surface area contributed by atoms with Crippen LogP contribution < -0.4 is 5.73 Å². The van der Waals surface area contributed by atoms with Gasteiger partial charge in [-0.25, -0.2) is 0 Å². The number of likely N-dealkylation sites (tertiary alicyclic amines) is 1. The molecule has 1 fully saturated rings. The van der Waals surface area contributed by atoms with Gasteiger partial charge < -0.3 is 5.73 Å². The monoisotopic (exact) mass is 296 g/mol. The molecule has 1 heterocycles. The highest BCUT2D eigenvalue weighted by molar-refractivity contribution is 7.80. The Bertz CT molecular complexity index is 475. The maximum absolute atomic E-state index is 6.32. The Labute approximate surface area is 125 Å². The fourth-order valence-corrected chi connectivity index (χ4v) is 2.93. The van der Waals surface area contributed by atoms with Gasteiger partial charge in [0, 0.05) is 23.7 Å². The molecule has 104 valence electrons. The van der Waals surface area contributed by atoms with E-state index in [1.165, 1.54) is 6.42 Å². The number of hydrogen-bond donors (Lipinski definition) is 1. The van der Waals surface area contributed by atoms with Gasteiger partial charge in [0.05, 0.1) is 0 Å². The van der Waals surface area contributed by atoms with Crippen LogP contribution in [0.15, 0.2) is 18.2 Å². The molecule has 0 saturated carbocycles. The second kappa shape index (κ2) is 6.21. The van der Waals surface area contributed by atoms with E-state index in [0.717, 1.165) is 47.6 Å². The lowest BCUT2D eigenvalue weighted by atomic mass is 9.88. The van der Waals surface area contributed by atoms with E-state index in [1.54, 1.807) is 0 Å². The van der Waals surface area contributed by atoms with Crippen LogP contribution in [0.1, 0.15) is 31.4 Å². The highest BCUT2D eigenvalue weighted by Gasteiger charge is 2.22. The fraction of sp³-hybridized carbons (Fsp3) is 0.533. The van der Waals surface area contributed by atoms with E-state index in [9.17, 15) is 0 Å². The first-order chi connectivity index (χ1) is 8.97. The molecule has 2 N–H and O–H groups in total. The van der Waals surface area contributed by atoms with Crippen LogP contribution in [0.25, 0.3) is 0 Å². The molecule has 1 aromatic carbocycles. The number of thiocarbonyl (C=S) groups is 1. The highest BCUT2D eigenvalue weighted by Crippen LogP contribution is 2.26. The average molecular weight is 297 g/mol. The lowest BCUT2D eigenvalue weighted by molar-refractivity contribution is 0.132. The van der Waals surface area contributed by atoms with Gasteiger partial charge in [0.1, 0.15) is 4.99 Å². The number of rotatable bonds is 3. The standard InChI is InChI=1S/C15H21ClN2S/c1-10-5-6-18(8-11(10)2)9-13-4-3-12(15(17)19)7-14(13)16/h3-4,7,10-11H,5-6,8-9H2,1-2H3,(H2,17,19). The lowest BCUT2D eigenvalue weighted by Crippen LogP contribution is -2.37. The predicted molar refractivity (Wildman–Crippen MR) is 85.6 cm³/mol. The van der Waals surface area contributed by atoms with Gasteiger partial charge in [-0.3, -0.25) is 4.90 Å². The Kier molecular flexibility index (Phi) is 4.82. The fourth-order valence-electron chi connectivity index (χ4n) is 2.56. The predicted octanol–water partition coefficient (Wildman–Crippen LogP) is 3.45. The SMILES string of the molecule is CC1CCN(Cc2ccc(C(N)=S)cc2Cl)CC1C. The van der Waals surface area contributed by atoms with Crippen molar-refractivity contribution in [3.05, 3.63) is 34.3 Å². The van der Waals surface area contributed by atoms with Crippen LogP contribution >= 0.6 is 23.8 Å². The minimum Gasteiger partial charge on any atom is -0.389 e. The van der Waals surface area contributed by atoms with Gasteiger partial charge in [-0.2, -0.15) is 0 Å². The minimum absolute atomic E-state index is 0.397. The van der Waals surface area contributed by atoms with Crippen LogP contribution in [-0.2, 0) is 6.54 Å². The van der Waals surface area contributed by atoms with Crippen molar-refractivity contribution >= 4 is 28.8 Å². The molecule has 2 nitrogen and oxygen atoms in total. The number of benzene rings is 1. The second-order valence-electron chi connectivity index (χ2n) is 5.65. The highest BCUT2D eigenvalue weighted by atomic mass is 35.5. The van der Waals surface area contributed by atoms with Crippen LogP contribution in [0.5, 0.6) is 0 Å². The van der Waals surface area contributed by atoms with Crippen molar-refractivity contribution in [2.45, 2.75) is 26.8 Å². The van der Waals surface area contributed by atoms with E-state index in [-0.39, 0.29) is 0 Å². The molecule has 1 aliphatic heterocycles. The number of nitrogens with two attached hydrogens (primary N) is 1. The number of halogens is 1. The summed E-state index contributed by atoms with van der Waals surface area (Å²) in [6.45, 7) is 7.88. The van der Waals surface area contributed by atoms with E-state index < -0.39 is 0 Å². The zero-order chi connectivity index (χ0) is 14.0. The summed E-state index contributed by atoms with van der Waals surface area (Å²) in [6.07, 6.45) is 1.27. The summed E-state index contributed by atoms with van der Waals surface area (Å²) >= 11 is 11.3. The second-order valence-corrected chi connectivity index (χ2v) is 6.50. The molecule has 2 atom stereocenters. The van der Waals surface area contributed by atoms with Gasteiger partial charge in [0.25, 0.3) is 0 Å². The van der Waals surface area contributed by atoms with Crippen LogP contribution in [0.4, 0.5) is 0 Å². The van der Waals surface area contributed by atoms with E-state index in [1.807, 2.05) is 18.2 Å². The molecule has 4 heteroatoms. The third-order valence-corrected chi connectivity index (χ3v) is 4.74. The maximum atomic E-state index is 6.32. The summed E-state index contributed by atoms with van der Waals surface area (Å²) in [5.41, 5.74) is 7.61. The Morgan fingerprint density at radius 1 is 1.42 bits per heavy atom. The molecule has 2 rings (SSSR count). The molecule has 0 bridgehead atoms. The Morgan fingerprint density at radius 3 is 2.74 bits per heavy atom. The summed E-state index contributed by atoms with van der Waals surface area (Å²) in [4.78, 5) is 2.88. The molecule has 1 aliphatic rings. The minimum atomic E-state index is 0.397. The molecule has 2 unspecified atom stereocenters. The quantitative estimate of drug-likeness (QED) is 0.866. The molecular weight excluding hydrogens is 276 g/mol. The first-order valence-corrected chi connectivity index (χ1v) is 7.56. The summed E-state index contributed by atoms with van der Waals surface area (Å²) < 4.78 is 0.